The lowest BCUT2D eigenvalue weighted by Crippen LogP contribution is -2.43. The molecule has 19 heavy (non-hydrogen) atoms. The van der Waals surface area contributed by atoms with Gasteiger partial charge in [0.2, 0.25) is 5.91 Å². The van der Waals surface area contributed by atoms with E-state index < -0.39 is 6.03 Å². The van der Waals surface area contributed by atoms with Crippen LogP contribution in [0.5, 0.6) is 0 Å². The van der Waals surface area contributed by atoms with E-state index in [0.717, 1.165) is 19.6 Å². The Balaban J connectivity index is 2.23. The van der Waals surface area contributed by atoms with Crippen LogP contribution in [0.3, 0.4) is 0 Å². The highest BCUT2D eigenvalue weighted by Gasteiger charge is 2.20. The standard InChI is InChI=1S/C13H26N4O2/c1-10(2)15-8-11-4-3-6-17(9-11)7-5-12(18)16-13(14)19/h10-11,15H,3-9H2,1-2H3,(H3,14,16,18,19). The summed E-state index contributed by atoms with van der Waals surface area (Å²) in [5.74, 6) is 0.352. The molecular formula is C13H26N4O2. The molecule has 1 rings (SSSR count). The average molecular weight is 270 g/mol. The molecule has 0 saturated carbocycles. The summed E-state index contributed by atoms with van der Waals surface area (Å²) in [5.41, 5.74) is 4.90. The summed E-state index contributed by atoms with van der Waals surface area (Å²) in [7, 11) is 0. The number of hydrogen-bond donors (Lipinski definition) is 3. The van der Waals surface area contributed by atoms with Gasteiger partial charge in [-0.1, -0.05) is 13.8 Å². The van der Waals surface area contributed by atoms with Crippen LogP contribution >= 0.6 is 0 Å². The number of piperidine rings is 1. The Bertz CT molecular complexity index is 307. The Morgan fingerprint density at radius 1 is 1.42 bits per heavy atom. The van der Waals surface area contributed by atoms with Crippen LogP contribution < -0.4 is 16.4 Å². The first kappa shape index (κ1) is 15.9. The van der Waals surface area contributed by atoms with Gasteiger partial charge in [0, 0.05) is 25.6 Å². The second kappa shape index (κ2) is 8.12. The number of primary amides is 1. The predicted octanol–water partition coefficient (Wildman–Crippen LogP) is 0.281. The highest BCUT2D eigenvalue weighted by atomic mass is 16.2. The maximum Gasteiger partial charge on any atom is 0.318 e. The molecule has 1 fully saturated rings. The number of carbonyl (C=O) groups excluding carboxylic acids is 2. The Labute approximate surface area is 115 Å². The number of carbonyl (C=O) groups is 2. The van der Waals surface area contributed by atoms with Crippen molar-refractivity contribution in [2.24, 2.45) is 11.7 Å². The summed E-state index contributed by atoms with van der Waals surface area (Å²) >= 11 is 0. The van der Waals surface area contributed by atoms with Gasteiger partial charge >= 0.3 is 6.03 Å². The molecule has 1 atom stereocenters. The molecule has 1 aliphatic heterocycles. The van der Waals surface area contributed by atoms with Crippen LogP contribution in [0.4, 0.5) is 4.79 Å². The van der Waals surface area contributed by atoms with E-state index in [1.54, 1.807) is 0 Å². The van der Waals surface area contributed by atoms with Gasteiger partial charge in [0.25, 0.3) is 0 Å². The van der Waals surface area contributed by atoms with Crippen molar-refractivity contribution < 1.29 is 9.59 Å². The molecule has 0 radical (unpaired) electrons. The number of nitrogens with two attached hydrogens (primary N) is 1. The highest BCUT2D eigenvalue weighted by Crippen LogP contribution is 2.15. The van der Waals surface area contributed by atoms with Crippen molar-refractivity contribution in [1.82, 2.24) is 15.5 Å². The zero-order valence-electron chi connectivity index (χ0n) is 11.9. The zero-order valence-corrected chi connectivity index (χ0v) is 11.9. The Morgan fingerprint density at radius 2 is 2.16 bits per heavy atom. The second-order valence-electron chi connectivity index (χ2n) is 5.53. The first-order chi connectivity index (χ1) is 8.97. The number of rotatable bonds is 6. The first-order valence-corrected chi connectivity index (χ1v) is 7.02. The molecule has 6 heteroatoms. The van der Waals surface area contributed by atoms with Gasteiger partial charge in [-0.25, -0.2) is 4.79 Å². The fraction of sp³-hybridized carbons (Fsp3) is 0.846. The van der Waals surface area contributed by atoms with E-state index >= 15 is 0 Å². The SMILES string of the molecule is CC(C)NCC1CCCN(CCC(=O)NC(N)=O)C1. The molecule has 1 heterocycles. The van der Waals surface area contributed by atoms with Crippen molar-refractivity contribution in [2.75, 3.05) is 26.2 Å². The van der Waals surface area contributed by atoms with Crippen LogP contribution in [0.15, 0.2) is 0 Å². The number of amides is 3. The van der Waals surface area contributed by atoms with Crippen LogP contribution in [-0.2, 0) is 4.79 Å². The van der Waals surface area contributed by atoms with E-state index in [-0.39, 0.29) is 5.91 Å². The lowest BCUT2D eigenvalue weighted by Gasteiger charge is -2.33. The van der Waals surface area contributed by atoms with Crippen molar-refractivity contribution in [3.05, 3.63) is 0 Å². The zero-order chi connectivity index (χ0) is 14.3. The van der Waals surface area contributed by atoms with E-state index in [1.807, 2.05) is 0 Å². The highest BCUT2D eigenvalue weighted by molar-refractivity contribution is 5.93. The van der Waals surface area contributed by atoms with Crippen molar-refractivity contribution >= 4 is 11.9 Å². The van der Waals surface area contributed by atoms with Crippen molar-refractivity contribution in [3.63, 3.8) is 0 Å². The lowest BCUT2D eigenvalue weighted by molar-refractivity contribution is -0.120. The fourth-order valence-electron chi connectivity index (χ4n) is 2.38. The first-order valence-electron chi connectivity index (χ1n) is 7.02. The van der Waals surface area contributed by atoms with E-state index in [1.165, 1.54) is 12.8 Å². The van der Waals surface area contributed by atoms with Crippen LogP contribution in [0.25, 0.3) is 0 Å². The molecular weight excluding hydrogens is 244 g/mol. The molecule has 3 amide bonds. The summed E-state index contributed by atoms with van der Waals surface area (Å²) in [5, 5.41) is 5.55. The third-order valence-electron chi connectivity index (χ3n) is 3.34. The Morgan fingerprint density at radius 3 is 2.79 bits per heavy atom. The van der Waals surface area contributed by atoms with E-state index in [2.05, 4.69) is 29.4 Å². The topological polar surface area (TPSA) is 87.5 Å². The number of nitrogens with one attached hydrogen (secondary N) is 2. The Kier molecular flexibility index (Phi) is 6.80. The molecule has 0 aromatic heterocycles. The number of imide groups is 1. The van der Waals surface area contributed by atoms with Gasteiger partial charge in [0.1, 0.15) is 0 Å². The summed E-state index contributed by atoms with van der Waals surface area (Å²) in [4.78, 5) is 24.2. The number of hydrogen-bond acceptors (Lipinski definition) is 4. The van der Waals surface area contributed by atoms with Crippen LogP contribution in [0.2, 0.25) is 0 Å². The van der Waals surface area contributed by atoms with Gasteiger partial charge in [0.15, 0.2) is 0 Å². The molecule has 110 valence electrons. The summed E-state index contributed by atoms with van der Waals surface area (Å²) in [6.07, 6.45) is 2.73. The van der Waals surface area contributed by atoms with E-state index in [9.17, 15) is 9.59 Å². The van der Waals surface area contributed by atoms with Gasteiger partial charge in [-0.3, -0.25) is 10.1 Å². The largest absolute Gasteiger partial charge is 0.351 e. The maximum absolute atomic E-state index is 11.3. The molecule has 0 aromatic rings. The third-order valence-corrected chi connectivity index (χ3v) is 3.34. The molecule has 0 spiro atoms. The van der Waals surface area contributed by atoms with Gasteiger partial charge in [-0.2, -0.15) is 0 Å². The molecule has 1 aliphatic rings. The lowest BCUT2D eigenvalue weighted by atomic mass is 9.97. The van der Waals surface area contributed by atoms with Gasteiger partial charge in [0.05, 0.1) is 0 Å². The molecule has 4 N–H and O–H groups in total. The number of urea groups is 1. The average Bonchev–Trinajstić information content (AvgIpc) is 2.34. The smallest absolute Gasteiger partial charge is 0.318 e. The summed E-state index contributed by atoms with van der Waals surface area (Å²) < 4.78 is 0. The minimum Gasteiger partial charge on any atom is -0.351 e. The van der Waals surface area contributed by atoms with Crippen molar-refractivity contribution in [3.8, 4) is 0 Å². The van der Waals surface area contributed by atoms with Crippen LogP contribution in [0, 0.1) is 5.92 Å². The Hall–Kier alpha value is -1.14. The quantitative estimate of drug-likeness (QED) is 0.647. The molecule has 1 saturated heterocycles. The summed E-state index contributed by atoms with van der Waals surface area (Å²) in [6.45, 7) is 8.06. The minimum absolute atomic E-state index is 0.296. The molecule has 1 unspecified atom stereocenters. The van der Waals surface area contributed by atoms with Crippen LogP contribution in [-0.4, -0.2) is 49.1 Å². The van der Waals surface area contributed by atoms with Gasteiger partial charge in [-0.15, -0.1) is 0 Å². The minimum atomic E-state index is -0.775. The monoisotopic (exact) mass is 270 g/mol. The number of likely N-dealkylation sites (tertiary alicyclic amines) is 1. The van der Waals surface area contributed by atoms with E-state index in [0.29, 0.717) is 24.9 Å². The van der Waals surface area contributed by atoms with Crippen molar-refractivity contribution in [2.45, 2.75) is 39.2 Å². The molecule has 0 aliphatic carbocycles. The molecule has 6 nitrogen and oxygen atoms in total. The fourth-order valence-corrected chi connectivity index (χ4v) is 2.38. The van der Waals surface area contributed by atoms with Crippen molar-refractivity contribution in [1.29, 1.82) is 0 Å². The van der Waals surface area contributed by atoms with Gasteiger partial charge < -0.3 is 16.0 Å². The second-order valence-corrected chi connectivity index (χ2v) is 5.53. The van der Waals surface area contributed by atoms with E-state index in [4.69, 9.17) is 5.73 Å². The maximum atomic E-state index is 11.3. The van der Waals surface area contributed by atoms with Crippen LogP contribution in [0.1, 0.15) is 33.1 Å². The third kappa shape index (κ3) is 7.12. The molecule has 0 aromatic carbocycles. The summed E-state index contributed by atoms with van der Waals surface area (Å²) in [6, 6.07) is -0.264. The predicted molar refractivity (Wildman–Crippen MR) is 74.6 cm³/mol. The normalized spacial score (nSPS) is 20.5. The number of nitrogens with zero attached hydrogens (tertiary/aromatic N) is 1. The molecule has 0 bridgehead atoms. The van der Waals surface area contributed by atoms with Gasteiger partial charge in [-0.05, 0) is 31.8 Å².